The number of aromatic nitrogens is 1. The third-order valence-corrected chi connectivity index (χ3v) is 8.35. The van der Waals surface area contributed by atoms with Crippen LogP contribution < -0.4 is 5.32 Å². The fourth-order valence-corrected chi connectivity index (χ4v) is 6.07. The predicted molar refractivity (Wildman–Crippen MR) is 119 cm³/mol. The number of carbonyl (C=O) groups excluding carboxylic acids is 2. The molecule has 0 radical (unpaired) electrons. The van der Waals surface area contributed by atoms with Gasteiger partial charge < -0.3 is 10.1 Å². The van der Waals surface area contributed by atoms with Gasteiger partial charge in [0.2, 0.25) is 10.0 Å². The Balaban J connectivity index is 1.69. The lowest BCUT2D eigenvalue weighted by Crippen LogP contribution is -2.38. The molecule has 1 aliphatic carbocycles. The van der Waals surface area contributed by atoms with Crippen molar-refractivity contribution >= 4 is 38.9 Å². The van der Waals surface area contributed by atoms with Crippen molar-refractivity contribution in [3.05, 3.63) is 39.8 Å². The minimum absolute atomic E-state index is 0.0247. The van der Waals surface area contributed by atoms with Crippen LogP contribution in [0.5, 0.6) is 0 Å². The molecule has 1 heterocycles. The van der Waals surface area contributed by atoms with Crippen molar-refractivity contribution in [1.82, 2.24) is 9.29 Å². The van der Waals surface area contributed by atoms with Gasteiger partial charge in [-0.25, -0.2) is 18.2 Å². The van der Waals surface area contributed by atoms with Crippen LogP contribution in [0.3, 0.4) is 0 Å². The standard InChI is InChI=1S/C21H27N3O5S2/c1-14-20(30-15(2)22-14)21(26)29-13-19(25)23-17-11-7-8-12-18(17)31(27,28)24(3)16-9-5-4-6-10-16/h7-8,11-12,16H,4-6,9-10,13H2,1-3H3,(H,23,25). The Hall–Kier alpha value is -2.30. The first-order valence-corrected chi connectivity index (χ1v) is 12.4. The first-order valence-electron chi connectivity index (χ1n) is 10.2. The van der Waals surface area contributed by atoms with Crippen LogP contribution in [0, 0.1) is 13.8 Å². The number of thiazole rings is 1. The van der Waals surface area contributed by atoms with E-state index in [1.165, 1.54) is 27.8 Å². The van der Waals surface area contributed by atoms with Crippen LogP contribution >= 0.6 is 11.3 Å². The van der Waals surface area contributed by atoms with E-state index in [-0.39, 0.29) is 16.6 Å². The van der Waals surface area contributed by atoms with E-state index < -0.39 is 28.5 Å². The number of hydrogen-bond acceptors (Lipinski definition) is 7. The second-order valence-corrected chi connectivity index (χ2v) is 10.8. The minimum atomic E-state index is -3.79. The summed E-state index contributed by atoms with van der Waals surface area (Å²) in [5.41, 5.74) is 0.714. The maximum atomic E-state index is 13.2. The quantitative estimate of drug-likeness (QED) is 0.628. The zero-order chi connectivity index (χ0) is 22.6. The Morgan fingerprint density at radius 2 is 1.87 bits per heavy atom. The molecule has 3 rings (SSSR count). The van der Waals surface area contributed by atoms with Gasteiger partial charge in [0.05, 0.1) is 16.4 Å². The average molecular weight is 466 g/mol. The zero-order valence-corrected chi connectivity index (χ0v) is 19.5. The first kappa shape index (κ1) is 23.4. The number of anilines is 1. The van der Waals surface area contributed by atoms with Gasteiger partial charge in [-0.1, -0.05) is 31.4 Å². The van der Waals surface area contributed by atoms with Gasteiger partial charge in [-0.05, 0) is 38.8 Å². The lowest BCUT2D eigenvalue weighted by atomic mass is 9.96. The Kier molecular flexibility index (Phi) is 7.45. The maximum absolute atomic E-state index is 13.2. The molecule has 1 fully saturated rings. The van der Waals surface area contributed by atoms with Crippen molar-refractivity contribution in [2.24, 2.45) is 0 Å². The number of rotatable bonds is 7. The van der Waals surface area contributed by atoms with Crippen molar-refractivity contribution < 1.29 is 22.7 Å². The molecule has 1 aliphatic rings. The highest BCUT2D eigenvalue weighted by atomic mass is 32.2. The summed E-state index contributed by atoms with van der Waals surface area (Å²) in [5, 5.41) is 3.30. The van der Waals surface area contributed by atoms with Crippen LogP contribution in [-0.4, -0.2) is 49.3 Å². The largest absolute Gasteiger partial charge is 0.451 e. The molecule has 10 heteroatoms. The molecule has 1 aromatic carbocycles. The fraction of sp³-hybridized carbons (Fsp3) is 0.476. The molecule has 0 aliphatic heterocycles. The number of aryl methyl sites for hydroxylation is 2. The Morgan fingerprint density at radius 1 is 1.19 bits per heavy atom. The van der Waals surface area contributed by atoms with Gasteiger partial charge in [0.15, 0.2) is 6.61 Å². The van der Waals surface area contributed by atoms with Gasteiger partial charge in [0.25, 0.3) is 5.91 Å². The molecule has 1 amide bonds. The summed E-state index contributed by atoms with van der Waals surface area (Å²) in [7, 11) is -2.20. The molecule has 0 unspecified atom stereocenters. The summed E-state index contributed by atoms with van der Waals surface area (Å²) >= 11 is 1.20. The number of ether oxygens (including phenoxy) is 1. The SMILES string of the molecule is Cc1nc(C)c(C(=O)OCC(=O)Nc2ccccc2S(=O)(=O)N(C)C2CCCCC2)s1. The van der Waals surface area contributed by atoms with Crippen molar-refractivity contribution in [3.63, 3.8) is 0 Å². The molecule has 168 valence electrons. The Labute approximate surface area is 186 Å². The molecular formula is C21H27N3O5S2. The van der Waals surface area contributed by atoms with Crippen LogP contribution in [0.15, 0.2) is 29.2 Å². The average Bonchev–Trinajstić information content (AvgIpc) is 3.10. The summed E-state index contributed by atoms with van der Waals surface area (Å²) in [6, 6.07) is 6.21. The number of sulfonamides is 1. The third kappa shape index (κ3) is 5.50. The van der Waals surface area contributed by atoms with Crippen molar-refractivity contribution in [3.8, 4) is 0 Å². The number of carbonyl (C=O) groups is 2. The summed E-state index contributed by atoms with van der Waals surface area (Å²) in [6.45, 7) is 2.95. The van der Waals surface area contributed by atoms with E-state index in [4.69, 9.17) is 4.74 Å². The second kappa shape index (κ2) is 9.88. The molecule has 0 bridgehead atoms. The molecule has 0 saturated heterocycles. The van der Waals surface area contributed by atoms with E-state index in [1.54, 1.807) is 33.0 Å². The van der Waals surface area contributed by atoms with Gasteiger partial charge in [-0.2, -0.15) is 4.31 Å². The van der Waals surface area contributed by atoms with E-state index in [1.807, 2.05) is 0 Å². The summed E-state index contributed by atoms with van der Waals surface area (Å²) in [4.78, 5) is 29.1. The number of nitrogens with zero attached hydrogens (tertiary/aromatic N) is 2. The highest BCUT2D eigenvalue weighted by Crippen LogP contribution is 2.29. The molecular weight excluding hydrogens is 438 g/mol. The number of hydrogen-bond donors (Lipinski definition) is 1. The van der Waals surface area contributed by atoms with Crippen LogP contribution in [0.1, 0.15) is 52.5 Å². The molecule has 1 aromatic heterocycles. The Morgan fingerprint density at radius 3 is 2.52 bits per heavy atom. The minimum Gasteiger partial charge on any atom is -0.451 e. The Bertz CT molecular complexity index is 1060. The topological polar surface area (TPSA) is 106 Å². The van der Waals surface area contributed by atoms with Crippen LogP contribution in [0.25, 0.3) is 0 Å². The molecule has 1 N–H and O–H groups in total. The van der Waals surface area contributed by atoms with E-state index in [9.17, 15) is 18.0 Å². The van der Waals surface area contributed by atoms with Crippen molar-refractivity contribution in [1.29, 1.82) is 0 Å². The molecule has 31 heavy (non-hydrogen) atoms. The number of esters is 1. The molecule has 1 saturated carbocycles. The fourth-order valence-electron chi connectivity index (χ4n) is 3.69. The van der Waals surface area contributed by atoms with Gasteiger partial charge in [0, 0.05) is 13.1 Å². The lowest BCUT2D eigenvalue weighted by Gasteiger charge is -2.30. The summed E-state index contributed by atoms with van der Waals surface area (Å²) < 4.78 is 32.9. The third-order valence-electron chi connectivity index (χ3n) is 5.33. The van der Waals surface area contributed by atoms with Gasteiger partial charge in [-0.15, -0.1) is 11.3 Å². The van der Waals surface area contributed by atoms with Crippen LogP contribution in [0.4, 0.5) is 5.69 Å². The zero-order valence-electron chi connectivity index (χ0n) is 17.9. The molecule has 2 aromatic rings. The number of benzene rings is 1. The van der Waals surface area contributed by atoms with E-state index in [0.717, 1.165) is 37.1 Å². The van der Waals surface area contributed by atoms with Crippen molar-refractivity contribution in [2.75, 3.05) is 19.0 Å². The number of nitrogens with one attached hydrogen (secondary N) is 1. The van der Waals surface area contributed by atoms with Crippen LogP contribution in [-0.2, 0) is 19.6 Å². The normalized spacial score (nSPS) is 15.1. The van der Waals surface area contributed by atoms with Gasteiger partial charge in [-0.3, -0.25) is 4.79 Å². The lowest BCUT2D eigenvalue weighted by molar-refractivity contribution is -0.119. The monoisotopic (exact) mass is 465 g/mol. The van der Waals surface area contributed by atoms with E-state index >= 15 is 0 Å². The summed E-state index contributed by atoms with van der Waals surface area (Å²) in [6.07, 6.45) is 4.80. The molecule has 0 atom stereocenters. The van der Waals surface area contributed by atoms with Crippen LogP contribution in [0.2, 0.25) is 0 Å². The highest BCUT2D eigenvalue weighted by molar-refractivity contribution is 7.89. The number of amides is 1. The number of para-hydroxylation sites is 1. The van der Waals surface area contributed by atoms with E-state index in [2.05, 4.69) is 10.3 Å². The smallest absolute Gasteiger partial charge is 0.350 e. The highest BCUT2D eigenvalue weighted by Gasteiger charge is 2.31. The molecule has 8 nitrogen and oxygen atoms in total. The summed E-state index contributed by atoms with van der Waals surface area (Å²) in [5.74, 6) is -1.24. The van der Waals surface area contributed by atoms with E-state index in [0.29, 0.717) is 10.6 Å². The second-order valence-electron chi connectivity index (χ2n) is 7.58. The molecule has 0 spiro atoms. The first-order chi connectivity index (χ1) is 14.7. The maximum Gasteiger partial charge on any atom is 0.350 e. The van der Waals surface area contributed by atoms with Crippen molar-refractivity contribution in [2.45, 2.75) is 56.9 Å². The van der Waals surface area contributed by atoms with Gasteiger partial charge >= 0.3 is 5.97 Å². The predicted octanol–water partition coefficient (Wildman–Crippen LogP) is 3.51. The van der Waals surface area contributed by atoms with Gasteiger partial charge in [0.1, 0.15) is 9.77 Å².